The second-order valence-electron chi connectivity index (χ2n) is 4.15. The normalized spacial score (nSPS) is 12.1. The van der Waals surface area contributed by atoms with Gasteiger partial charge >= 0.3 is 0 Å². The standard InChI is InChI=1S/C15H14Br2O3/c1-19-13-7-10(12(17)8-14(13)20-2)15(18)9-5-3-4-6-11(9)16/h3-8,15,18H,1-2H3. The van der Waals surface area contributed by atoms with Gasteiger partial charge in [0.25, 0.3) is 0 Å². The van der Waals surface area contributed by atoms with Crippen molar-refractivity contribution in [2.75, 3.05) is 14.2 Å². The van der Waals surface area contributed by atoms with Crippen LogP contribution in [-0.4, -0.2) is 19.3 Å². The van der Waals surface area contributed by atoms with E-state index in [4.69, 9.17) is 9.47 Å². The molecule has 2 rings (SSSR count). The van der Waals surface area contributed by atoms with Gasteiger partial charge in [-0.15, -0.1) is 0 Å². The van der Waals surface area contributed by atoms with Crippen molar-refractivity contribution in [3.8, 4) is 11.5 Å². The number of rotatable bonds is 4. The van der Waals surface area contributed by atoms with Crippen LogP contribution in [0.4, 0.5) is 0 Å². The molecule has 0 amide bonds. The molecular formula is C15H14Br2O3. The van der Waals surface area contributed by atoms with Gasteiger partial charge in [0.05, 0.1) is 14.2 Å². The molecule has 5 heteroatoms. The van der Waals surface area contributed by atoms with Crippen molar-refractivity contribution in [3.63, 3.8) is 0 Å². The number of hydrogen-bond acceptors (Lipinski definition) is 3. The topological polar surface area (TPSA) is 38.7 Å². The fourth-order valence-corrected chi connectivity index (χ4v) is 2.98. The molecule has 0 saturated heterocycles. The highest BCUT2D eigenvalue weighted by Gasteiger charge is 2.19. The maximum absolute atomic E-state index is 10.6. The summed E-state index contributed by atoms with van der Waals surface area (Å²) < 4.78 is 12.1. The third-order valence-corrected chi connectivity index (χ3v) is 4.41. The minimum atomic E-state index is -0.764. The van der Waals surface area contributed by atoms with Gasteiger partial charge in [0.15, 0.2) is 11.5 Å². The minimum Gasteiger partial charge on any atom is -0.493 e. The molecule has 0 aliphatic carbocycles. The van der Waals surface area contributed by atoms with Crippen LogP contribution in [0.25, 0.3) is 0 Å². The van der Waals surface area contributed by atoms with Gasteiger partial charge < -0.3 is 14.6 Å². The largest absolute Gasteiger partial charge is 0.493 e. The highest BCUT2D eigenvalue weighted by Crippen LogP contribution is 2.39. The van der Waals surface area contributed by atoms with Gasteiger partial charge in [-0.25, -0.2) is 0 Å². The maximum atomic E-state index is 10.6. The van der Waals surface area contributed by atoms with E-state index in [0.29, 0.717) is 11.5 Å². The molecule has 2 aromatic rings. The molecule has 1 N–H and O–H groups in total. The molecule has 1 unspecified atom stereocenters. The van der Waals surface area contributed by atoms with Crippen molar-refractivity contribution in [1.82, 2.24) is 0 Å². The van der Waals surface area contributed by atoms with E-state index in [0.717, 1.165) is 20.1 Å². The molecular weight excluding hydrogens is 388 g/mol. The van der Waals surface area contributed by atoms with Crippen LogP contribution in [-0.2, 0) is 0 Å². The molecule has 20 heavy (non-hydrogen) atoms. The lowest BCUT2D eigenvalue weighted by molar-refractivity contribution is 0.218. The SMILES string of the molecule is COc1cc(Br)c(C(O)c2ccccc2Br)cc1OC. The lowest BCUT2D eigenvalue weighted by Gasteiger charge is -2.17. The predicted octanol–water partition coefficient (Wildman–Crippen LogP) is 4.31. The fraction of sp³-hybridized carbons (Fsp3) is 0.200. The summed E-state index contributed by atoms with van der Waals surface area (Å²) in [6.07, 6.45) is -0.764. The van der Waals surface area contributed by atoms with Crippen molar-refractivity contribution in [1.29, 1.82) is 0 Å². The van der Waals surface area contributed by atoms with E-state index in [1.54, 1.807) is 26.4 Å². The highest BCUT2D eigenvalue weighted by molar-refractivity contribution is 9.10. The van der Waals surface area contributed by atoms with Crippen molar-refractivity contribution < 1.29 is 14.6 Å². The van der Waals surface area contributed by atoms with Gasteiger partial charge in [0.2, 0.25) is 0 Å². The quantitative estimate of drug-likeness (QED) is 0.829. The van der Waals surface area contributed by atoms with E-state index in [1.807, 2.05) is 24.3 Å². The smallest absolute Gasteiger partial charge is 0.161 e. The number of ether oxygens (including phenoxy) is 2. The van der Waals surface area contributed by atoms with E-state index < -0.39 is 6.10 Å². The maximum Gasteiger partial charge on any atom is 0.161 e. The Morgan fingerprint density at radius 2 is 1.50 bits per heavy atom. The summed E-state index contributed by atoms with van der Waals surface area (Å²) in [6, 6.07) is 11.1. The Labute approximate surface area is 134 Å². The van der Waals surface area contributed by atoms with Crippen LogP contribution >= 0.6 is 31.9 Å². The van der Waals surface area contributed by atoms with Crippen molar-refractivity contribution in [2.24, 2.45) is 0 Å². The Morgan fingerprint density at radius 3 is 2.10 bits per heavy atom. The van der Waals surface area contributed by atoms with Crippen LogP contribution in [0.5, 0.6) is 11.5 Å². The summed E-state index contributed by atoms with van der Waals surface area (Å²) >= 11 is 6.91. The zero-order chi connectivity index (χ0) is 14.7. The molecule has 0 aliphatic rings. The Balaban J connectivity index is 2.50. The Kier molecular flexibility index (Phi) is 5.07. The Bertz CT molecular complexity index is 614. The lowest BCUT2D eigenvalue weighted by Crippen LogP contribution is -2.03. The first-order valence-corrected chi connectivity index (χ1v) is 7.51. The first kappa shape index (κ1) is 15.4. The highest BCUT2D eigenvalue weighted by atomic mass is 79.9. The molecule has 1 atom stereocenters. The third kappa shape index (κ3) is 3.00. The minimum absolute atomic E-state index is 0.580. The molecule has 0 heterocycles. The van der Waals surface area contributed by atoms with Gasteiger partial charge in [0, 0.05) is 14.5 Å². The van der Waals surface area contributed by atoms with E-state index in [9.17, 15) is 5.11 Å². The molecule has 2 aromatic carbocycles. The molecule has 0 aromatic heterocycles. The molecule has 0 saturated carbocycles. The molecule has 3 nitrogen and oxygen atoms in total. The van der Waals surface area contributed by atoms with Crippen molar-refractivity contribution in [2.45, 2.75) is 6.10 Å². The number of hydrogen-bond donors (Lipinski definition) is 1. The first-order valence-electron chi connectivity index (χ1n) is 5.92. The molecule has 106 valence electrons. The van der Waals surface area contributed by atoms with E-state index in [1.165, 1.54) is 0 Å². The number of benzene rings is 2. The summed E-state index contributed by atoms with van der Waals surface area (Å²) in [5.41, 5.74) is 1.51. The molecule has 0 bridgehead atoms. The summed E-state index contributed by atoms with van der Waals surface area (Å²) in [4.78, 5) is 0. The average Bonchev–Trinajstić information content (AvgIpc) is 2.46. The molecule has 0 fully saturated rings. The van der Waals surface area contributed by atoms with Gasteiger partial charge in [0.1, 0.15) is 6.10 Å². The number of aliphatic hydroxyl groups excluding tert-OH is 1. The van der Waals surface area contributed by atoms with Gasteiger partial charge in [-0.3, -0.25) is 0 Å². The fourth-order valence-electron chi connectivity index (χ4n) is 1.94. The zero-order valence-corrected chi connectivity index (χ0v) is 14.2. The second kappa shape index (κ2) is 6.61. The summed E-state index contributed by atoms with van der Waals surface area (Å²) in [7, 11) is 3.15. The lowest BCUT2D eigenvalue weighted by atomic mass is 10.0. The van der Waals surface area contributed by atoms with Crippen LogP contribution in [0.2, 0.25) is 0 Å². The molecule has 0 radical (unpaired) electrons. The number of halogens is 2. The van der Waals surface area contributed by atoms with E-state index in [2.05, 4.69) is 31.9 Å². The summed E-state index contributed by atoms with van der Waals surface area (Å²) in [6.45, 7) is 0. The van der Waals surface area contributed by atoms with Crippen LogP contribution in [0.1, 0.15) is 17.2 Å². The van der Waals surface area contributed by atoms with E-state index >= 15 is 0 Å². The van der Waals surface area contributed by atoms with Gasteiger partial charge in [-0.2, -0.15) is 0 Å². The Morgan fingerprint density at radius 1 is 0.900 bits per heavy atom. The third-order valence-electron chi connectivity index (χ3n) is 3.00. The predicted molar refractivity (Wildman–Crippen MR) is 85.4 cm³/mol. The van der Waals surface area contributed by atoms with Crippen LogP contribution in [0.15, 0.2) is 45.3 Å². The van der Waals surface area contributed by atoms with Crippen molar-refractivity contribution in [3.05, 3.63) is 56.5 Å². The monoisotopic (exact) mass is 400 g/mol. The van der Waals surface area contributed by atoms with E-state index in [-0.39, 0.29) is 0 Å². The number of methoxy groups -OCH3 is 2. The average molecular weight is 402 g/mol. The van der Waals surface area contributed by atoms with Crippen LogP contribution in [0.3, 0.4) is 0 Å². The van der Waals surface area contributed by atoms with Crippen LogP contribution in [0, 0.1) is 0 Å². The zero-order valence-electron chi connectivity index (χ0n) is 11.1. The number of aliphatic hydroxyl groups is 1. The second-order valence-corrected chi connectivity index (χ2v) is 5.86. The summed E-state index contributed by atoms with van der Waals surface area (Å²) in [5.74, 6) is 1.19. The summed E-state index contributed by atoms with van der Waals surface area (Å²) in [5, 5.41) is 10.6. The van der Waals surface area contributed by atoms with Crippen molar-refractivity contribution >= 4 is 31.9 Å². The molecule has 0 spiro atoms. The Hall–Kier alpha value is -1.04. The van der Waals surface area contributed by atoms with Gasteiger partial charge in [-0.1, -0.05) is 50.1 Å². The first-order chi connectivity index (χ1) is 9.58. The van der Waals surface area contributed by atoms with Gasteiger partial charge in [-0.05, 0) is 23.8 Å². The van der Waals surface area contributed by atoms with Crippen LogP contribution < -0.4 is 9.47 Å². The molecule has 0 aliphatic heterocycles.